The summed E-state index contributed by atoms with van der Waals surface area (Å²) in [6, 6.07) is 0. The second-order valence-corrected chi connectivity index (χ2v) is 8.10. The zero-order valence-corrected chi connectivity index (χ0v) is 14.8. The van der Waals surface area contributed by atoms with Crippen LogP contribution in [0.5, 0.6) is 0 Å². The number of Topliss-reactive ketones (excluding diaryl/α,β-unsaturated/α-hetero) is 1. The van der Waals surface area contributed by atoms with E-state index >= 15 is 0 Å². The Labute approximate surface area is 145 Å². The van der Waals surface area contributed by atoms with Gasteiger partial charge in [-0.25, -0.2) is 0 Å². The number of ketones is 1. The molecule has 0 aromatic carbocycles. The van der Waals surface area contributed by atoms with E-state index in [1.165, 1.54) is 11.1 Å². The number of aliphatic hydroxyl groups excluding tert-OH is 2. The number of allylic oxidation sites excluding steroid dienone is 4. The van der Waals surface area contributed by atoms with Crippen molar-refractivity contribution >= 4 is 5.78 Å². The van der Waals surface area contributed by atoms with E-state index in [1.54, 1.807) is 0 Å². The molecule has 0 aromatic heterocycles. The maximum Gasteiger partial charge on any atom is 0.161 e. The van der Waals surface area contributed by atoms with Crippen LogP contribution in [0, 0.1) is 17.3 Å². The molecule has 3 saturated carbocycles. The van der Waals surface area contributed by atoms with Crippen LogP contribution in [-0.4, -0.2) is 28.7 Å². The SMILES string of the molecule is C=C1CC[C@@H](O)C/C1=C/C=C1\CCC[C@]2(C)[C@@H](C(=O)CO)CC[C@@H]12. The summed E-state index contributed by atoms with van der Waals surface area (Å²) >= 11 is 0. The van der Waals surface area contributed by atoms with Crippen LogP contribution in [0.25, 0.3) is 0 Å². The van der Waals surface area contributed by atoms with Crippen LogP contribution in [-0.2, 0) is 4.79 Å². The minimum atomic E-state index is -0.326. The van der Waals surface area contributed by atoms with Gasteiger partial charge in [-0.05, 0) is 68.3 Å². The van der Waals surface area contributed by atoms with Crippen LogP contribution in [0.2, 0.25) is 0 Å². The van der Waals surface area contributed by atoms with E-state index in [9.17, 15) is 15.0 Å². The van der Waals surface area contributed by atoms with Crippen LogP contribution in [0.3, 0.4) is 0 Å². The lowest BCUT2D eigenvalue weighted by atomic mass is 9.62. The molecule has 3 rings (SSSR count). The first kappa shape index (κ1) is 17.6. The summed E-state index contributed by atoms with van der Waals surface area (Å²) in [7, 11) is 0. The van der Waals surface area contributed by atoms with Crippen LogP contribution in [0.15, 0.2) is 35.5 Å². The molecule has 3 nitrogen and oxygen atoms in total. The Bertz CT molecular complexity index is 586. The fourth-order valence-corrected chi connectivity index (χ4v) is 5.27. The summed E-state index contributed by atoms with van der Waals surface area (Å²) in [5.41, 5.74) is 3.77. The standard InChI is InChI=1S/C21H30O3/c1-14-5-8-17(23)12-16(14)7-6-15-4-3-11-21(2)18(15)9-10-19(21)20(24)13-22/h6-7,17-19,22-23H,1,3-5,8-13H2,2H3/b15-6+,16-7-/t17-,18+,19-,21+/m1/s1. The summed E-state index contributed by atoms with van der Waals surface area (Å²) in [6.45, 7) is 6.06. The predicted octanol–water partition coefficient (Wildman–Crippen LogP) is 3.72. The highest BCUT2D eigenvalue weighted by atomic mass is 16.3. The lowest BCUT2D eigenvalue weighted by Gasteiger charge is -2.41. The van der Waals surface area contributed by atoms with Crippen molar-refractivity contribution < 1.29 is 15.0 Å². The molecule has 0 bridgehead atoms. The van der Waals surface area contributed by atoms with Gasteiger partial charge in [0.05, 0.1) is 6.10 Å². The molecule has 0 unspecified atom stereocenters. The highest BCUT2D eigenvalue weighted by Crippen LogP contribution is 2.57. The number of hydrogen-bond acceptors (Lipinski definition) is 3. The normalized spacial score (nSPS) is 40.1. The highest BCUT2D eigenvalue weighted by molar-refractivity contribution is 5.83. The first-order valence-corrected chi connectivity index (χ1v) is 9.35. The largest absolute Gasteiger partial charge is 0.393 e. The summed E-state index contributed by atoms with van der Waals surface area (Å²) < 4.78 is 0. The third kappa shape index (κ3) is 3.16. The lowest BCUT2D eigenvalue weighted by Crippen LogP contribution is -2.37. The van der Waals surface area contributed by atoms with Crippen molar-refractivity contribution in [2.45, 2.75) is 64.4 Å². The third-order valence-electron chi connectivity index (χ3n) is 6.70. The highest BCUT2D eigenvalue weighted by Gasteiger charge is 2.51. The van der Waals surface area contributed by atoms with Gasteiger partial charge < -0.3 is 10.2 Å². The van der Waals surface area contributed by atoms with Crippen molar-refractivity contribution in [3.8, 4) is 0 Å². The predicted molar refractivity (Wildman–Crippen MR) is 95.4 cm³/mol. The van der Waals surface area contributed by atoms with E-state index in [2.05, 4.69) is 25.7 Å². The average molecular weight is 330 g/mol. The Morgan fingerprint density at radius 1 is 1.29 bits per heavy atom. The number of carbonyl (C=O) groups excluding carboxylic acids is 1. The van der Waals surface area contributed by atoms with Crippen LogP contribution in [0.4, 0.5) is 0 Å². The molecule has 0 spiro atoms. The monoisotopic (exact) mass is 330 g/mol. The molecule has 0 radical (unpaired) electrons. The van der Waals surface area contributed by atoms with E-state index in [-0.39, 0.29) is 29.8 Å². The van der Waals surface area contributed by atoms with Gasteiger partial charge in [-0.1, -0.05) is 36.8 Å². The molecule has 24 heavy (non-hydrogen) atoms. The number of fused-ring (bicyclic) bond motifs is 1. The van der Waals surface area contributed by atoms with Crippen molar-refractivity contribution in [1.82, 2.24) is 0 Å². The second kappa shape index (κ2) is 6.97. The molecule has 3 fully saturated rings. The van der Waals surface area contributed by atoms with E-state index in [0.717, 1.165) is 50.5 Å². The first-order valence-electron chi connectivity index (χ1n) is 9.35. The van der Waals surface area contributed by atoms with E-state index in [4.69, 9.17) is 0 Å². The molecule has 4 atom stereocenters. The van der Waals surface area contributed by atoms with Gasteiger partial charge in [0, 0.05) is 5.92 Å². The van der Waals surface area contributed by atoms with Gasteiger partial charge in [0.1, 0.15) is 6.61 Å². The summed E-state index contributed by atoms with van der Waals surface area (Å²) in [6.07, 6.45) is 11.8. The molecule has 0 aliphatic heterocycles. The van der Waals surface area contributed by atoms with Crippen molar-refractivity contribution in [2.75, 3.05) is 6.61 Å². The molecule has 0 aromatic rings. The maximum atomic E-state index is 12.1. The molecule has 3 aliphatic rings. The smallest absolute Gasteiger partial charge is 0.161 e. The topological polar surface area (TPSA) is 57.5 Å². The molecule has 0 saturated heterocycles. The minimum absolute atomic E-state index is 0.00545. The summed E-state index contributed by atoms with van der Waals surface area (Å²) in [5, 5.41) is 19.2. The minimum Gasteiger partial charge on any atom is -0.393 e. The molecule has 3 heteroatoms. The van der Waals surface area contributed by atoms with E-state index < -0.39 is 0 Å². The average Bonchev–Trinajstić information content (AvgIpc) is 2.92. The Balaban J connectivity index is 1.82. The number of aliphatic hydroxyl groups is 2. The van der Waals surface area contributed by atoms with Gasteiger partial charge in [0.2, 0.25) is 0 Å². The molecular formula is C21H30O3. The Kier molecular flexibility index (Phi) is 5.12. The maximum absolute atomic E-state index is 12.1. The zero-order chi connectivity index (χ0) is 17.3. The number of carbonyl (C=O) groups is 1. The van der Waals surface area contributed by atoms with Crippen molar-refractivity contribution in [2.24, 2.45) is 17.3 Å². The first-order chi connectivity index (χ1) is 11.5. The van der Waals surface area contributed by atoms with Crippen LogP contribution >= 0.6 is 0 Å². The van der Waals surface area contributed by atoms with Gasteiger partial charge in [0.15, 0.2) is 5.78 Å². The summed E-state index contributed by atoms with van der Waals surface area (Å²) in [4.78, 5) is 12.1. The fourth-order valence-electron chi connectivity index (χ4n) is 5.27. The molecule has 3 aliphatic carbocycles. The Hall–Kier alpha value is -1.19. The van der Waals surface area contributed by atoms with Gasteiger partial charge in [-0.2, -0.15) is 0 Å². The Morgan fingerprint density at radius 2 is 2.08 bits per heavy atom. The number of hydrogen-bond donors (Lipinski definition) is 2. The second-order valence-electron chi connectivity index (χ2n) is 8.10. The third-order valence-corrected chi connectivity index (χ3v) is 6.70. The molecule has 2 N–H and O–H groups in total. The fraction of sp³-hybridized carbons (Fsp3) is 0.667. The van der Waals surface area contributed by atoms with E-state index in [1.807, 2.05) is 0 Å². The quantitative estimate of drug-likeness (QED) is 0.829. The van der Waals surface area contributed by atoms with Gasteiger partial charge in [-0.15, -0.1) is 0 Å². The van der Waals surface area contributed by atoms with Gasteiger partial charge in [-0.3, -0.25) is 4.79 Å². The molecule has 0 amide bonds. The number of rotatable bonds is 3. The summed E-state index contributed by atoms with van der Waals surface area (Å²) in [5.74, 6) is 0.476. The molecular weight excluding hydrogens is 300 g/mol. The van der Waals surface area contributed by atoms with E-state index in [0.29, 0.717) is 12.3 Å². The van der Waals surface area contributed by atoms with Crippen molar-refractivity contribution in [3.05, 3.63) is 35.5 Å². The zero-order valence-electron chi connectivity index (χ0n) is 14.8. The Morgan fingerprint density at radius 3 is 2.83 bits per heavy atom. The van der Waals surface area contributed by atoms with Crippen LogP contribution in [0.1, 0.15) is 58.3 Å². The van der Waals surface area contributed by atoms with Crippen molar-refractivity contribution in [1.29, 1.82) is 0 Å². The molecule has 0 heterocycles. The van der Waals surface area contributed by atoms with Crippen LogP contribution < -0.4 is 0 Å². The molecule has 132 valence electrons. The van der Waals surface area contributed by atoms with Gasteiger partial charge in [0.25, 0.3) is 0 Å². The lowest BCUT2D eigenvalue weighted by molar-refractivity contribution is -0.129. The van der Waals surface area contributed by atoms with Gasteiger partial charge >= 0.3 is 0 Å². The van der Waals surface area contributed by atoms with Crippen molar-refractivity contribution in [3.63, 3.8) is 0 Å².